The van der Waals surface area contributed by atoms with E-state index in [0.29, 0.717) is 19.5 Å². The Balaban J connectivity index is 1.53. The first kappa shape index (κ1) is 18.4. The Hall–Kier alpha value is -2.94. The van der Waals surface area contributed by atoms with E-state index in [0.717, 1.165) is 41.5 Å². The van der Waals surface area contributed by atoms with Crippen molar-refractivity contribution in [2.45, 2.75) is 32.5 Å². The summed E-state index contributed by atoms with van der Waals surface area (Å²) < 4.78 is 2.01. The lowest BCUT2D eigenvalue weighted by Crippen LogP contribution is -2.34. The highest BCUT2D eigenvalue weighted by Gasteiger charge is 2.21. The summed E-state index contributed by atoms with van der Waals surface area (Å²) in [7, 11) is 0. The van der Waals surface area contributed by atoms with Crippen molar-refractivity contribution >= 4 is 16.7 Å². The van der Waals surface area contributed by atoms with Gasteiger partial charge in [-0.1, -0.05) is 36.4 Å². The molecule has 0 unspecified atom stereocenters. The van der Waals surface area contributed by atoms with Crippen LogP contribution in [0.1, 0.15) is 33.5 Å². The number of hydrogen-bond donors (Lipinski definition) is 1. The maximum Gasteiger partial charge on any atom is 0.178 e. The molecule has 2 heterocycles. The molecule has 5 nitrogen and oxygen atoms in total. The number of benzene rings is 2. The molecule has 0 aliphatic carbocycles. The average Bonchev–Trinajstić information content (AvgIpc) is 3.10. The van der Waals surface area contributed by atoms with E-state index in [9.17, 15) is 9.90 Å². The van der Waals surface area contributed by atoms with Gasteiger partial charge in [0.05, 0.1) is 25.6 Å². The fraction of sp³-hybridized carbons (Fsp3) is 0.304. The Bertz CT molecular complexity index is 1060. The van der Waals surface area contributed by atoms with Gasteiger partial charge in [-0.2, -0.15) is 5.26 Å². The van der Waals surface area contributed by atoms with Crippen LogP contribution >= 0.6 is 0 Å². The highest BCUT2D eigenvalue weighted by molar-refractivity contribution is 6.09. The van der Waals surface area contributed by atoms with Crippen molar-refractivity contribution in [3.8, 4) is 6.07 Å². The molecule has 0 atom stereocenters. The second-order valence-electron chi connectivity index (χ2n) is 7.31. The molecule has 0 saturated heterocycles. The lowest BCUT2D eigenvalue weighted by atomic mass is 9.97. The number of aliphatic hydroxyl groups is 1. The summed E-state index contributed by atoms with van der Waals surface area (Å²) in [6.07, 6.45) is 3.21. The zero-order chi connectivity index (χ0) is 19.5. The number of para-hydroxylation sites is 1. The number of nitriles is 1. The first-order valence-electron chi connectivity index (χ1n) is 9.61. The molecular formula is C23H23N3O2. The Morgan fingerprint density at radius 2 is 2.04 bits per heavy atom. The van der Waals surface area contributed by atoms with Gasteiger partial charge < -0.3 is 9.67 Å². The third-order valence-corrected chi connectivity index (χ3v) is 5.47. The van der Waals surface area contributed by atoms with E-state index in [4.69, 9.17) is 5.26 Å². The van der Waals surface area contributed by atoms with E-state index in [-0.39, 0.29) is 12.4 Å². The minimum absolute atomic E-state index is 0.0609. The third-order valence-electron chi connectivity index (χ3n) is 5.47. The van der Waals surface area contributed by atoms with Crippen LogP contribution in [0.3, 0.4) is 0 Å². The zero-order valence-electron chi connectivity index (χ0n) is 15.8. The predicted octanol–water partition coefficient (Wildman–Crippen LogP) is 3.29. The second kappa shape index (κ2) is 7.97. The summed E-state index contributed by atoms with van der Waals surface area (Å²) in [6, 6.07) is 16.1. The normalized spacial score (nSPS) is 14.0. The Labute approximate surface area is 164 Å². The van der Waals surface area contributed by atoms with Crippen LogP contribution in [0.15, 0.2) is 48.7 Å². The molecule has 1 aliphatic heterocycles. The van der Waals surface area contributed by atoms with Gasteiger partial charge in [0.15, 0.2) is 5.78 Å². The Morgan fingerprint density at radius 3 is 2.86 bits per heavy atom. The van der Waals surface area contributed by atoms with Gasteiger partial charge >= 0.3 is 0 Å². The fourth-order valence-corrected chi connectivity index (χ4v) is 4.01. The molecule has 0 spiro atoms. The molecule has 3 aromatic rings. The topological polar surface area (TPSA) is 69.3 Å². The van der Waals surface area contributed by atoms with E-state index < -0.39 is 0 Å². The van der Waals surface area contributed by atoms with Crippen molar-refractivity contribution in [2.75, 3.05) is 13.1 Å². The summed E-state index contributed by atoms with van der Waals surface area (Å²) in [6.45, 7) is 2.62. The number of ketones is 1. The number of fused-ring (bicyclic) bond motifs is 2. The highest BCUT2D eigenvalue weighted by atomic mass is 16.3. The molecular weight excluding hydrogens is 350 g/mol. The summed E-state index contributed by atoms with van der Waals surface area (Å²) in [5.74, 6) is 0.113. The zero-order valence-corrected chi connectivity index (χ0v) is 15.8. The maximum absolute atomic E-state index is 13.1. The second-order valence-corrected chi connectivity index (χ2v) is 7.31. The van der Waals surface area contributed by atoms with E-state index in [2.05, 4.69) is 23.1 Å². The predicted molar refractivity (Wildman–Crippen MR) is 108 cm³/mol. The first-order valence-corrected chi connectivity index (χ1v) is 9.61. The van der Waals surface area contributed by atoms with Crippen LogP contribution in [0.25, 0.3) is 10.9 Å². The number of aromatic nitrogens is 1. The van der Waals surface area contributed by atoms with Crippen molar-refractivity contribution < 1.29 is 9.90 Å². The standard InChI is InChI=1S/C23H23N3O2/c24-9-3-10-26-14-21(20-4-1-2-5-22(20)26)23(28)15-25-11-8-18-12-17(16-27)6-7-19(18)13-25/h1-2,4-7,12,14,27H,3,8,10-11,13,15-16H2. The third kappa shape index (κ3) is 3.57. The SMILES string of the molecule is N#CCCn1cc(C(=O)CN2CCc3cc(CO)ccc3C2)c2ccccc21. The van der Waals surface area contributed by atoms with Crippen molar-refractivity contribution in [1.82, 2.24) is 9.47 Å². The minimum atomic E-state index is 0.0609. The number of carbonyl (C=O) groups excluding carboxylic acids is 1. The molecule has 2 aromatic carbocycles. The molecule has 5 heteroatoms. The Kier molecular flexibility index (Phi) is 5.25. The number of Topliss-reactive ketones (excluding diaryl/α,β-unsaturated/α-hetero) is 1. The summed E-state index contributed by atoms with van der Waals surface area (Å²) in [5, 5.41) is 19.2. The molecule has 1 aliphatic rings. The van der Waals surface area contributed by atoms with Crippen molar-refractivity contribution in [3.05, 3.63) is 70.9 Å². The van der Waals surface area contributed by atoms with Crippen LogP contribution < -0.4 is 0 Å². The van der Waals surface area contributed by atoms with Crippen molar-refractivity contribution in [2.24, 2.45) is 0 Å². The highest BCUT2D eigenvalue weighted by Crippen LogP contribution is 2.24. The van der Waals surface area contributed by atoms with Crippen LogP contribution in [-0.4, -0.2) is 33.4 Å². The maximum atomic E-state index is 13.1. The number of carbonyl (C=O) groups is 1. The lowest BCUT2D eigenvalue weighted by Gasteiger charge is -2.28. The van der Waals surface area contributed by atoms with Crippen LogP contribution in [0.2, 0.25) is 0 Å². The Morgan fingerprint density at radius 1 is 1.18 bits per heavy atom. The molecule has 0 radical (unpaired) electrons. The van der Waals surface area contributed by atoms with Crippen LogP contribution in [0.4, 0.5) is 0 Å². The van der Waals surface area contributed by atoms with Crippen LogP contribution in [-0.2, 0) is 26.1 Å². The monoisotopic (exact) mass is 373 g/mol. The van der Waals surface area contributed by atoms with Crippen molar-refractivity contribution in [3.63, 3.8) is 0 Å². The van der Waals surface area contributed by atoms with Gasteiger partial charge in [0, 0.05) is 42.3 Å². The molecule has 0 fully saturated rings. The fourth-order valence-electron chi connectivity index (χ4n) is 4.01. The van der Waals surface area contributed by atoms with E-state index in [1.807, 2.05) is 41.1 Å². The van der Waals surface area contributed by atoms with E-state index in [1.165, 1.54) is 11.1 Å². The number of rotatable bonds is 6. The molecule has 4 rings (SSSR count). The lowest BCUT2D eigenvalue weighted by molar-refractivity contribution is 0.0923. The number of aliphatic hydroxyl groups excluding tert-OH is 1. The largest absolute Gasteiger partial charge is 0.392 e. The van der Waals surface area contributed by atoms with Gasteiger partial charge in [-0.3, -0.25) is 9.69 Å². The molecule has 1 aromatic heterocycles. The van der Waals surface area contributed by atoms with Crippen LogP contribution in [0.5, 0.6) is 0 Å². The molecule has 142 valence electrons. The summed E-state index contributed by atoms with van der Waals surface area (Å²) in [5.41, 5.74) is 5.17. The van der Waals surface area contributed by atoms with Gasteiger partial charge in [-0.15, -0.1) is 0 Å². The molecule has 1 N–H and O–H groups in total. The van der Waals surface area contributed by atoms with Gasteiger partial charge in [-0.25, -0.2) is 0 Å². The van der Waals surface area contributed by atoms with Crippen molar-refractivity contribution in [1.29, 1.82) is 5.26 Å². The minimum Gasteiger partial charge on any atom is -0.392 e. The molecule has 28 heavy (non-hydrogen) atoms. The van der Waals surface area contributed by atoms with Gasteiger partial charge in [-0.05, 0) is 29.2 Å². The van der Waals surface area contributed by atoms with Gasteiger partial charge in [0.1, 0.15) is 0 Å². The van der Waals surface area contributed by atoms with Gasteiger partial charge in [0.2, 0.25) is 0 Å². The van der Waals surface area contributed by atoms with E-state index in [1.54, 1.807) is 0 Å². The summed E-state index contributed by atoms with van der Waals surface area (Å²) >= 11 is 0. The molecule has 0 amide bonds. The number of hydrogen-bond acceptors (Lipinski definition) is 4. The van der Waals surface area contributed by atoms with Crippen LogP contribution in [0, 0.1) is 11.3 Å². The van der Waals surface area contributed by atoms with Gasteiger partial charge in [0.25, 0.3) is 0 Å². The average molecular weight is 373 g/mol. The smallest absolute Gasteiger partial charge is 0.178 e. The summed E-state index contributed by atoms with van der Waals surface area (Å²) in [4.78, 5) is 15.3. The molecule has 0 bridgehead atoms. The number of nitrogens with zero attached hydrogens (tertiary/aromatic N) is 3. The number of aryl methyl sites for hydroxylation is 1. The van der Waals surface area contributed by atoms with E-state index >= 15 is 0 Å². The first-order chi connectivity index (χ1) is 13.7. The quantitative estimate of drug-likeness (QED) is 0.673. The molecule has 0 saturated carbocycles.